The Morgan fingerprint density at radius 3 is 2.47 bits per heavy atom. The summed E-state index contributed by atoms with van der Waals surface area (Å²) >= 11 is 0. The second-order valence-electron chi connectivity index (χ2n) is 5.68. The number of hydrogen-bond acceptors (Lipinski definition) is 0. The topological polar surface area (TPSA) is 0 Å². The average Bonchev–Trinajstić information content (AvgIpc) is 2.33. The van der Waals surface area contributed by atoms with E-state index in [1.54, 1.807) is 0 Å². The van der Waals surface area contributed by atoms with Gasteiger partial charge < -0.3 is 0 Å². The maximum absolute atomic E-state index is 2.45. The van der Waals surface area contributed by atoms with Gasteiger partial charge in [0.1, 0.15) is 0 Å². The van der Waals surface area contributed by atoms with Gasteiger partial charge in [0.2, 0.25) is 0 Å². The fourth-order valence-corrected chi connectivity index (χ4v) is 2.88. The summed E-state index contributed by atoms with van der Waals surface area (Å²) in [5.41, 5.74) is 0. The van der Waals surface area contributed by atoms with Gasteiger partial charge in [-0.05, 0) is 11.8 Å². The van der Waals surface area contributed by atoms with Crippen molar-refractivity contribution >= 4 is 0 Å². The Morgan fingerprint density at radius 1 is 0.867 bits per heavy atom. The van der Waals surface area contributed by atoms with E-state index < -0.39 is 0 Å². The summed E-state index contributed by atoms with van der Waals surface area (Å²) in [5, 5.41) is 0. The van der Waals surface area contributed by atoms with Crippen LogP contribution in [-0.4, -0.2) is 0 Å². The van der Waals surface area contributed by atoms with Gasteiger partial charge in [-0.2, -0.15) is 0 Å². The lowest BCUT2D eigenvalue weighted by molar-refractivity contribution is 0.362. The van der Waals surface area contributed by atoms with Gasteiger partial charge >= 0.3 is 0 Å². The molecule has 0 saturated heterocycles. The molecule has 0 amide bonds. The van der Waals surface area contributed by atoms with Crippen molar-refractivity contribution in [1.82, 2.24) is 0 Å². The molecule has 0 N–H and O–H groups in total. The molecule has 0 heteroatoms. The van der Waals surface area contributed by atoms with Crippen molar-refractivity contribution in [2.45, 2.75) is 84.5 Å². The quantitative estimate of drug-likeness (QED) is 0.533. The van der Waals surface area contributed by atoms with E-state index in [1.807, 2.05) is 0 Å². The summed E-state index contributed by atoms with van der Waals surface area (Å²) in [6, 6.07) is 0. The second-order valence-corrected chi connectivity index (χ2v) is 5.68. The van der Waals surface area contributed by atoms with Crippen LogP contribution in [0.1, 0.15) is 84.5 Å². The molecule has 0 aromatic carbocycles. The summed E-state index contributed by atoms with van der Waals surface area (Å²) in [7, 11) is 0. The van der Waals surface area contributed by atoms with E-state index in [2.05, 4.69) is 13.8 Å². The third-order valence-electron chi connectivity index (χ3n) is 4.09. The maximum Gasteiger partial charge on any atom is -0.0414 e. The van der Waals surface area contributed by atoms with Crippen LogP contribution in [0.3, 0.4) is 0 Å². The molecule has 1 rings (SSSR count). The Balaban J connectivity index is 2.21. The predicted octanol–water partition coefficient (Wildman–Crippen LogP) is 5.56. The molecule has 0 spiro atoms. The van der Waals surface area contributed by atoms with Gasteiger partial charge in [0, 0.05) is 0 Å². The molecule has 0 aromatic rings. The van der Waals surface area contributed by atoms with Crippen LogP contribution in [0.2, 0.25) is 0 Å². The first-order chi connectivity index (χ1) is 7.33. The Bertz CT molecular complexity index is 139. The smallest absolute Gasteiger partial charge is 0.0414 e. The van der Waals surface area contributed by atoms with Crippen LogP contribution in [0.25, 0.3) is 0 Å². The Hall–Kier alpha value is 0. The van der Waals surface area contributed by atoms with Crippen LogP contribution in [0, 0.1) is 11.8 Å². The lowest BCUT2D eigenvalue weighted by atomic mass is 9.89. The second kappa shape index (κ2) is 8.19. The molecule has 1 fully saturated rings. The van der Waals surface area contributed by atoms with Crippen LogP contribution in [-0.2, 0) is 0 Å². The minimum atomic E-state index is 0.997. The first-order valence-corrected chi connectivity index (χ1v) is 7.33. The van der Waals surface area contributed by atoms with Crippen molar-refractivity contribution < 1.29 is 0 Å². The number of unbranched alkanes of at least 4 members (excludes halogenated alkanes) is 2. The first kappa shape index (κ1) is 13.1. The zero-order valence-electron chi connectivity index (χ0n) is 10.9. The molecule has 0 bridgehead atoms. The average molecular weight is 210 g/mol. The van der Waals surface area contributed by atoms with Gasteiger partial charge in [0.05, 0.1) is 0 Å². The van der Waals surface area contributed by atoms with Crippen molar-refractivity contribution in [1.29, 1.82) is 0 Å². The highest BCUT2D eigenvalue weighted by atomic mass is 14.2. The molecule has 15 heavy (non-hydrogen) atoms. The highest BCUT2D eigenvalue weighted by Crippen LogP contribution is 2.28. The molecule has 0 radical (unpaired) electrons. The Morgan fingerprint density at radius 2 is 1.67 bits per heavy atom. The summed E-state index contributed by atoms with van der Waals surface area (Å²) in [6.45, 7) is 4.76. The molecule has 0 aliphatic heterocycles. The molecule has 2 unspecified atom stereocenters. The first-order valence-electron chi connectivity index (χ1n) is 7.33. The van der Waals surface area contributed by atoms with Gasteiger partial charge in [-0.1, -0.05) is 84.5 Å². The van der Waals surface area contributed by atoms with Crippen LogP contribution >= 0.6 is 0 Å². The van der Waals surface area contributed by atoms with E-state index in [4.69, 9.17) is 0 Å². The molecular formula is C15H30. The minimum Gasteiger partial charge on any atom is -0.0654 e. The Labute approximate surface area is 96.8 Å². The minimum absolute atomic E-state index is 0.997. The standard InChI is InChI=1S/C15H30/c1-3-4-6-10-15-11-8-5-7-9-14(2)12-13-15/h14-15H,3-13H2,1-2H3. The summed E-state index contributed by atoms with van der Waals surface area (Å²) in [6.07, 6.45) is 16.3. The lowest BCUT2D eigenvalue weighted by Gasteiger charge is -2.17. The molecule has 0 nitrogen and oxygen atoms in total. The van der Waals surface area contributed by atoms with E-state index >= 15 is 0 Å². The van der Waals surface area contributed by atoms with Gasteiger partial charge in [-0.3, -0.25) is 0 Å². The number of rotatable bonds is 4. The summed E-state index contributed by atoms with van der Waals surface area (Å²) in [4.78, 5) is 0. The van der Waals surface area contributed by atoms with Crippen molar-refractivity contribution in [2.75, 3.05) is 0 Å². The predicted molar refractivity (Wildman–Crippen MR) is 69.1 cm³/mol. The molecule has 2 atom stereocenters. The molecule has 1 aliphatic rings. The van der Waals surface area contributed by atoms with Crippen LogP contribution < -0.4 is 0 Å². The van der Waals surface area contributed by atoms with E-state index in [-0.39, 0.29) is 0 Å². The van der Waals surface area contributed by atoms with E-state index in [1.165, 1.54) is 70.6 Å². The third-order valence-corrected chi connectivity index (χ3v) is 4.09. The third kappa shape index (κ3) is 6.22. The van der Waals surface area contributed by atoms with Crippen molar-refractivity contribution in [3.63, 3.8) is 0 Å². The van der Waals surface area contributed by atoms with Gasteiger partial charge in [-0.25, -0.2) is 0 Å². The zero-order valence-corrected chi connectivity index (χ0v) is 10.9. The van der Waals surface area contributed by atoms with Gasteiger partial charge in [0.15, 0.2) is 0 Å². The van der Waals surface area contributed by atoms with Crippen LogP contribution in [0.15, 0.2) is 0 Å². The molecule has 90 valence electrons. The molecule has 0 heterocycles. The number of hydrogen-bond donors (Lipinski definition) is 0. The van der Waals surface area contributed by atoms with Crippen molar-refractivity contribution in [2.24, 2.45) is 11.8 Å². The molecular weight excluding hydrogens is 180 g/mol. The van der Waals surface area contributed by atoms with Crippen LogP contribution in [0.5, 0.6) is 0 Å². The maximum atomic E-state index is 2.45. The normalized spacial score (nSPS) is 29.2. The van der Waals surface area contributed by atoms with Gasteiger partial charge in [0.25, 0.3) is 0 Å². The molecule has 0 aromatic heterocycles. The van der Waals surface area contributed by atoms with Crippen molar-refractivity contribution in [3.05, 3.63) is 0 Å². The highest BCUT2D eigenvalue weighted by molar-refractivity contribution is 4.66. The largest absolute Gasteiger partial charge is 0.0654 e. The highest BCUT2D eigenvalue weighted by Gasteiger charge is 2.13. The van der Waals surface area contributed by atoms with Gasteiger partial charge in [-0.15, -0.1) is 0 Å². The zero-order chi connectivity index (χ0) is 10.9. The van der Waals surface area contributed by atoms with Crippen LogP contribution in [0.4, 0.5) is 0 Å². The summed E-state index contributed by atoms with van der Waals surface area (Å²) in [5.74, 6) is 2.06. The molecule has 1 aliphatic carbocycles. The fraction of sp³-hybridized carbons (Fsp3) is 1.00. The monoisotopic (exact) mass is 210 g/mol. The Kier molecular flexibility index (Phi) is 7.13. The lowest BCUT2D eigenvalue weighted by Crippen LogP contribution is -2.02. The molecule has 1 saturated carbocycles. The van der Waals surface area contributed by atoms with E-state index in [0.717, 1.165) is 11.8 Å². The summed E-state index contributed by atoms with van der Waals surface area (Å²) < 4.78 is 0. The van der Waals surface area contributed by atoms with Crippen molar-refractivity contribution in [3.8, 4) is 0 Å². The SMILES string of the molecule is CCCCCC1CCCCCC(C)CC1. The van der Waals surface area contributed by atoms with E-state index in [0.29, 0.717) is 0 Å². The fourth-order valence-electron chi connectivity index (χ4n) is 2.88. The van der Waals surface area contributed by atoms with E-state index in [9.17, 15) is 0 Å².